The van der Waals surface area contributed by atoms with Gasteiger partial charge in [0.2, 0.25) is 5.95 Å². The fourth-order valence-corrected chi connectivity index (χ4v) is 4.56. The monoisotopic (exact) mass is 527 g/mol. The molecule has 0 atom stereocenters. The Balaban J connectivity index is 1.75. The number of thioether (sulfide) groups is 1. The van der Waals surface area contributed by atoms with E-state index in [0.29, 0.717) is 30.7 Å². The normalized spacial score (nSPS) is 11.9. The lowest BCUT2D eigenvalue weighted by Crippen LogP contribution is -2.36. The number of carbonyl (C=O) groups is 1. The lowest BCUT2D eigenvalue weighted by atomic mass is 10.1. The van der Waals surface area contributed by atoms with Gasteiger partial charge in [-0.05, 0) is 70.5 Å². The van der Waals surface area contributed by atoms with E-state index in [4.69, 9.17) is 26.1 Å². The zero-order valence-corrected chi connectivity index (χ0v) is 23.3. The summed E-state index contributed by atoms with van der Waals surface area (Å²) in [5.74, 6) is 0.389. The number of halogens is 1. The van der Waals surface area contributed by atoms with Crippen LogP contribution < -0.4 is 4.90 Å². The molecule has 0 fully saturated rings. The molecule has 3 aromatic rings. The van der Waals surface area contributed by atoms with Gasteiger partial charge in [0, 0.05) is 41.9 Å². The molecule has 0 aliphatic carbocycles. The van der Waals surface area contributed by atoms with Gasteiger partial charge >= 0.3 is 5.97 Å². The molecule has 0 saturated heterocycles. The number of esters is 1. The number of benzene rings is 2. The fourth-order valence-electron chi connectivity index (χ4n) is 3.38. The summed E-state index contributed by atoms with van der Waals surface area (Å²) in [6, 6.07) is 17.7. The minimum atomic E-state index is -0.700. The van der Waals surface area contributed by atoms with Gasteiger partial charge in [-0.1, -0.05) is 35.9 Å². The van der Waals surface area contributed by atoms with Gasteiger partial charge in [0.15, 0.2) is 0 Å². The summed E-state index contributed by atoms with van der Waals surface area (Å²) in [7, 11) is 1.68. The summed E-state index contributed by atoms with van der Waals surface area (Å²) in [4.78, 5) is 25.0. The highest BCUT2D eigenvalue weighted by molar-refractivity contribution is 8.01. The Labute approximate surface area is 223 Å². The van der Waals surface area contributed by atoms with Crippen molar-refractivity contribution in [1.29, 1.82) is 0 Å². The molecule has 0 aliphatic heterocycles. The van der Waals surface area contributed by atoms with Crippen molar-refractivity contribution in [3.05, 3.63) is 71.4 Å². The van der Waals surface area contributed by atoms with Crippen LogP contribution in [0.4, 0.5) is 5.95 Å². The van der Waals surface area contributed by atoms with Crippen molar-refractivity contribution in [3.8, 4) is 11.3 Å². The first-order chi connectivity index (χ1) is 17.0. The van der Waals surface area contributed by atoms with Crippen LogP contribution >= 0.6 is 23.4 Å². The second-order valence-electron chi connectivity index (χ2n) is 9.92. The van der Waals surface area contributed by atoms with Crippen molar-refractivity contribution in [3.63, 3.8) is 0 Å². The number of nitrogens with zero attached hydrogens (tertiary/aromatic N) is 3. The van der Waals surface area contributed by atoms with E-state index < -0.39 is 10.3 Å². The molecule has 8 heteroatoms. The van der Waals surface area contributed by atoms with E-state index in [-0.39, 0.29) is 5.97 Å². The third kappa shape index (κ3) is 8.22. The van der Waals surface area contributed by atoms with Gasteiger partial charge in [0.25, 0.3) is 0 Å². The van der Waals surface area contributed by atoms with Crippen LogP contribution in [-0.4, -0.2) is 46.5 Å². The van der Waals surface area contributed by atoms with Crippen LogP contribution in [0, 0.1) is 0 Å². The molecule has 0 saturated carbocycles. The average Bonchev–Trinajstić information content (AvgIpc) is 2.81. The van der Waals surface area contributed by atoms with Crippen LogP contribution in [0.15, 0.2) is 65.7 Å². The molecule has 3 rings (SSSR count). The standard InChI is InChI=1S/C28H34ClN3O3S/c1-27(2,3)35-25(33)28(4,5)36-23-12-10-20(11-13-23)19-32(16-17-34-6)26-30-15-14-24(31-26)21-8-7-9-22(29)18-21/h7-15,18H,16-17,19H2,1-6H3. The quantitative estimate of drug-likeness (QED) is 0.215. The molecular formula is C28H34ClN3O3S. The molecule has 0 N–H and O–H groups in total. The zero-order valence-electron chi connectivity index (χ0n) is 21.7. The summed E-state index contributed by atoms with van der Waals surface area (Å²) in [6.45, 7) is 11.2. The van der Waals surface area contributed by atoms with Gasteiger partial charge in [-0.3, -0.25) is 4.79 Å². The summed E-state index contributed by atoms with van der Waals surface area (Å²) in [5, 5.41) is 0.664. The third-order valence-corrected chi connectivity index (χ3v) is 6.59. The molecule has 0 radical (unpaired) electrons. The highest BCUT2D eigenvalue weighted by Gasteiger charge is 2.33. The van der Waals surface area contributed by atoms with Crippen LogP contribution in [0.2, 0.25) is 5.02 Å². The molecule has 0 aliphatic rings. The Bertz CT molecular complexity index is 1160. The van der Waals surface area contributed by atoms with Crippen LogP contribution in [0.1, 0.15) is 40.2 Å². The van der Waals surface area contributed by atoms with E-state index in [1.165, 1.54) is 11.8 Å². The van der Waals surface area contributed by atoms with Crippen molar-refractivity contribution < 1.29 is 14.3 Å². The van der Waals surface area contributed by atoms with Crippen LogP contribution in [-0.2, 0) is 20.8 Å². The number of rotatable bonds is 10. The number of hydrogen-bond donors (Lipinski definition) is 0. The van der Waals surface area contributed by atoms with Gasteiger partial charge in [-0.25, -0.2) is 9.97 Å². The first kappa shape index (κ1) is 28.0. The molecule has 36 heavy (non-hydrogen) atoms. The van der Waals surface area contributed by atoms with E-state index in [1.54, 1.807) is 13.3 Å². The van der Waals surface area contributed by atoms with E-state index in [2.05, 4.69) is 22.0 Å². The number of aromatic nitrogens is 2. The minimum Gasteiger partial charge on any atom is -0.459 e. The molecule has 6 nitrogen and oxygen atoms in total. The molecule has 0 amide bonds. The van der Waals surface area contributed by atoms with E-state index in [1.807, 2.05) is 77.1 Å². The van der Waals surface area contributed by atoms with E-state index in [9.17, 15) is 4.79 Å². The summed E-state index contributed by atoms with van der Waals surface area (Å²) >= 11 is 7.66. The second-order valence-corrected chi connectivity index (χ2v) is 12.1. The predicted octanol–water partition coefficient (Wildman–Crippen LogP) is 6.66. The molecule has 1 heterocycles. The number of methoxy groups -OCH3 is 1. The maximum Gasteiger partial charge on any atom is 0.322 e. The molecule has 0 unspecified atom stereocenters. The van der Waals surface area contributed by atoms with Crippen LogP contribution in [0.25, 0.3) is 11.3 Å². The van der Waals surface area contributed by atoms with Crippen molar-refractivity contribution in [2.24, 2.45) is 0 Å². The van der Waals surface area contributed by atoms with Gasteiger partial charge in [-0.2, -0.15) is 0 Å². The van der Waals surface area contributed by atoms with Gasteiger partial charge < -0.3 is 14.4 Å². The first-order valence-electron chi connectivity index (χ1n) is 11.8. The topological polar surface area (TPSA) is 64.5 Å². The number of anilines is 1. The summed E-state index contributed by atoms with van der Waals surface area (Å²) in [6.07, 6.45) is 1.76. The lowest BCUT2D eigenvalue weighted by Gasteiger charge is -2.28. The minimum absolute atomic E-state index is 0.230. The molecule has 2 aromatic carbocycles. The van der Waals surface area contributed by atoms with Crippen molar-refractivity contribution in [2.45, 2.75) is 56.4 Å². The highest BCUT2D eigenvalue weighted by Crippen LogP contribution is 2.35. The SMILES string of the molecule is COCCN(Cc1ccc(SC(C)(C)C(=O)OC(C)(C)C)cc1)c1nccc(-c2cccc(Cl)c2)n1. The second kappa shape index (κ2) is 12.1. The molecular weight excluding hydrogens is 494 g/mol. The van der Waals surface area contributed by atoms with Gasteiger partial charge in [-0.15, -0.1) is 11.8 Å². The highest BCUT2D eigenvalue weighted by atomic mass is 35.5. The fraction of sp³-hybridized carbons (Fsp3) is 0.393. The van der Waals surface area contributed by atoms with Crippen molar-refractivity contribution in [2.75, 3.05) is 25.2 Å². The Morgan fingerprint density at radius 2 is 1.78 bits per heavy atom. The Morgan fingerprint density at radius 1 is 1.06 bits per heavy atom. The number of ether oxygens (including phenoxy) is 2. The molecule has 0 bridgehead atoms. The predicted molar refractivity (Wildman–Crippen MR) is 148 cm³/mol. The Hall–Kier alpha value is -2.61. The zero-order chi connectivity index (χ0) is 26.3. The maximum atomic E-state index is 12.6. The smallest absolute Gasteiger partial charge is 0.322 e. The maximum absolute atomic E-state index is 12.6. The Kier molecular flexibility index (Phi) is 9.39. The number of hydrogen-bond acceptors (Lipinski definition) is 7. The summed E-state index contributed by atoms with van der Waals surface area (Å²) < 4.78 is 10.2. The van der Waals surface area contributed by atoms with E-state index in [0.717, 1.165) is 21.7 Å². The molecule has 0 spiro atoms. The van der Waals surface area contributed by atoms with Gasteiger partial charge in [0.05, 0.1) is 12.3 Å². The molecule has 1 aromatic heterocycles. The van der Waals surface area contributed by atoms with Gasteiger partial charge in [0.1, 0.15) is 10.3 Å². The third-order valence-electron chi connectivity index (χ3n) is 5.17. The molecule has 192 valence electrons. The lowest BCUT2D eigenvalue weighted by molar-refractivity contribution is -0.156. The Morgan fingerprint density at radius 3 is 2.42 bits per heavy atom. The average molecular weight is 528 g/mol. The first-order valence-corrected chi connectivity index (χ1v) is 13.0. The van der Waals surface area contributed by atoms with E-state index >= 15 is 0 Å². The summed E-state index contributed by atoms with van der Waals surface area (Å²) in [5.41, 5.74) is 2.33. The largest absolute Gasteiger partial charge is 0.459 e. The van der Waals surface area contributed by atoms with Crippen LogP contribution in [0.5, 0.6) is 0 Å². The van der Waals surface area contributed by atoms with Crippen molar-refractivity contribution in [1.82, 2.24) is 9.97 Å². The van der Waals surface area contributed by atoms with Crippen LogP contribution in [0.3, 0.4) is 0 Å². The van der Waals surface area contributed by atoms with Crippen molar-refractivity contribution >= 4 is 35.3 Å². The number of carbonyl (C=O) groups excluding carboxylic acids is 1.